The Labute approximate surface area is 181 Å². The Morgan fingerprint density at radius 2 is 1.73 bits per heavy atom. The van der Waals surface area contributed by atoms with Gasteiger partial charge in [0, 0.05) is 47.4 Å². The van der Waals surface area contributed by atoms with E-state index in [-0.39, 0.29) is 23.6 Å². The van der Waals surface area contributed by atoms with Crippen molar-refractivity contribution in [3.8, 4) is 0 Å². The first-order valence-corrected chi connectivity index (χ1v) is 10.6. The van der Waals surface area contributed by atoms with Gasteiger partial charge in [-0.05, 0) is 61.7 Å². The maximum atomic E-state index is 12.9. The first-order chi connectivity index (χ1) is 14.5. The van der Waals surface area contributed by atoms with E-state index in [1.165, 1.54) is 0 Å². The third-order valence-electron chi connectivity index (χ3n) is 5.18. The van der Waals surface area contributed by atoms with E-state index in [4.69, 9.17) is 11.6 Å². The summed E-state index contributed by atoms with van der Waals surface area (Å²) in [6, 6.07) is 13.5. The van der Waals surface area contributed by atoms with Gasteiger partial charge >= 0.3 is 0 Å². The lowest BCUT2D eigenvalue weighted by Crippen LogP contribution is -2.43. The van der Waals surface area contributed by atoms with Crippen LogP contribution in [-0.4, -0.2) is 42.3 Å². The molecule has 0 bridgehead atoms. The molecule has 1 aliphatic rings. The van der Waals surface area contributed by atoms with E-state index in [1.807, 2.05) is 6.92 Å². The molecule has 0 aliphatic carbocycles. The van der Waals surface area contributed by atoms with Gasteiger partial charge in [0.15, 0.2) is 0 Å². The van der Waals surface area contributed by atoms with Crippen LogP contribution in [0.15, 0.2) is 48.5 Å². The average Bonchev–Trinajstić information content (AvgIpc) is 2.77. The molecule has 2 aromatic carbocycles. The van der Waals surface area contributed by atoms with Gasteiger partial charge in [-0.1, -0.05) is 24.6 Å². The van der Waals surface area contributed by atoms with Gasteiger partial charge < -0.3 is 15.5 Å². The third kappa shape index (κ3) is 5.60. The summed E-state index contributed by atoms with van der Waals surface area (Å²) < 4.78 is 0. The number of amides is 3. The molecule has 1 saturated heterocycles. The standard InChI is InChI=1S/C23H26ClN3O3/c1-2-12-25-21(28)17-10-13-27(14-11-17)23(30)18-4-3-5-20(15-18)26-22(29)16-6-8-19(24)9-7-16/h3-9,15,17H,2,10-14H2,1H3,(H,25,28)(H,26,29). The summed E-state index contributed by atoms with van der Waals surface area (Å²) in [7, 11) is 0. The SMILES string of the molecule is CCCNC(=O)C1CCN(C(=O)c2cccc(NC(=O)c3ccc(Cl)cc3)c2)CC1. The van der Waals surface area contributed by atoms with Crippen molar-refractivity contribution in [1.29, 1.82) is 0 Å². The molecule has 0 radical (unpaired) electrons. The first kappa shape index (κ1) is 21.8. The number of hydrogen-bond donors (Lipinski definition) is 2. The molecule has 6 nitrogen and oxygen atoms in total. The Morgan fingerprint density at radius 3 is 2.40 bits per heavy atom. The number of piperidine rings is 1. The summed E-state index contributed by atoms with van der Waals surface area (Å²) in [4.78, 5) is 39.2. The molecule has 30 heavy (non-hydrogen) atoms. The molecular weight excluding hydrogens is 402 g/mol. The van der Waals surface area contributed by atoms with Gasteiger partial charge in [-0.3, -0.25) is 14.4 Å². The van der Waals surface area contributed by atoms with Crippen LogP contribution in [0.5, 0.6) is 0 Å². The largest absolute Gasteiger partial charge is 0.356 e. The number of nitrogens with one attached hydrogen (secondary N) is 2. The average molecular weight is 428 g/mol. The van der Waals surface area contributed by atoms with Crippen LogP contribution in [0.2, 0.25) is 5.02 Å². The Hall–Kier alpha value is -2.86. The highest BCUT2D eigenvalue weighted by Gasteiger charge is 2.27. The predicted molar refractivity (Wildman–Crippen MR) is 118 cm³/mol. The smallest absolute Gasteiger partial charge is 0.255 e. The first-order valence-electron chi connectivity index (χ1n) is 10.2. The highest BCUT2D eigenvalue weighted by Crippen LogP contribution is 2.21. The van der Waals surface area contributed by atoms with E-state index >= 15 is 0 Å². The fourth-order valence-electron chi connectivity index (χ4n) is 3.45. The molecule has 7 heteroatoms. The molecule has 0 atom stereocenters. The number of benzene rings is 2. The van der Waals surface area contributed by atoms with Crippen molar-refractivity contribution in [3.63, 3.8) is 0 Å². The summed E-state index contributed by atoms with van der Waals surface area (Å²) in [6.07, 6.45) is 2.23. The van der Waals surface area contributed by atoms with E-state index in [2.05, 4.69) is 10.6 Å². The molecule has 1 aliphatic heterocycles. The third-order valence-corrected chi connectivity index (χ3v) is 5.43. The van der Waals surface area contributed by atoms with Crippen molar-refractivity contribution in [1.82, 2.24) is 10.2 Å². The monoisotopic (exact) mass is 427 g/mol. The molecule has 1 heterocycles. The van der Waals surface area contributed by atoms with Crippen LogP contribution >= 0.6 is 11.6 Å². The van der Waals surface area contributed by atoms with Gasteiger partial charge in [-0.15, -0.1) is 0 Å². The van der Waals surface area contributed by atoms with Crippen LogP contribution < -0.4 is 10.6 Å². The van der Waals surface area contributed by atoms with Crippen molar-refractivity contribution < 1.29 is 14.4 Å². The number of carbonyl (C=O) groups is 3. The van der Waals surface area contributed by atoms with Crippen LogP contribution in [0.25, 0.3) is 0 Å². The van der Waals surface area contributed by atoms with E-state index in [9.17, 15) is 14.4 Å². The summed E-state index contributed by atoms with van der Waals surface area (Å²) in [5.74, 6) is -0.318. The minimum Gasteiger partial charge on any atom is -0.356 e. The van der Waals surface area contributed by atoms with E-state index in [1.54, 1.807) is 53.4 Å². The molecule has 0 saturated carbocycles. The van der Waals surface area contributed by atoms with Crippen LogP contribution in [0.3, 0.4) is 0 Å². The zero-order valence-electron chi connectivity index (χ0n) is 17.0. The van der Waals surface area contributed by atoms with Crippen molar-refractivity contribution in [3.05, 3.63) is 64.7 Å². The Kier molecular flexibility index (Phi) is 7.46. The molecule has 2 aromatic rings. The van der Waals surface area contributed by atoms with Crippen LogP contribution in [0, 0.1) is 5.92 Å². The van der Waals surface area contributed by atoms with Gasteiger partial charge in [0.25, 0.3) is 11.8 Å². The zero-order valence-corrected chi connectivity index (χ0v) is 17.7. The van der Waals surface area contributed by atoms with Crippen LogP contribution in [0.4, 0.5) is 5.69 Å². The van der Waals surface area contributed by atoms with Crippen molar-refractivity contribution in [2.45, 2.75) is 26.2 Å². The van der Waals surface area contributed by atoms with Crippen LogP contribution in [0.1, 0.15) is 46.9 Å². The Morgan fingerprint density at radius 1 is 1.03 bits per heavy atom. The second-order valence-electron chi connectivity index (χ2n) is 7.40. The van der Waals surface area contributed by atoms with Crippen LogP contribution in [-0.2, 0) is 4.79 Å². The van der Waals surface area contributed by atoms with Crippen molar-refractivity contribution in [2.24, 2.45) is 5.92 Å². The second-order valence-corrected chi connectivity index (χ2v) is 7.84. The highest BCUT2D eigenvalue weighted by molar-refractivity contribution is 6.30. The molecule has 158 valence electrons. The number of likely N-dealkylation sites (tertiary alicyclic amines) is 1. The van der Waals surface area contributed by atoms with E-state index in [0.717, 1.165) is 6.42 Å². The highest BCUT2D eigenvalue weighted by atomic mass is 35.5. The maximum absolute atomic E-state index is 12.9. The number of halogens is 1. The Bertz CT molecular complexity index is 906. The molecule has 2 N–H and O–H groups in total. The van der Waals surface area contributed by atoms with Gasteiger partial charge in [0.05, 0.1) is 0 Å². The van der Waals surface area contributed by atoms with Gasteiger partial charge in [0.1, 0.15) is 0 Å². The lowest BCUT2D eigenvalue weighted by atomic mass is 9.95. The lowest BCUT2D eigenvalue weighted by molar-refractivity contribution is -0.126. The summed E-state index contributed by atoms with van der Waals surface area (Å²) in [5.41, 5.74) is 1.55. The topological polar surface area (TPSA) is 78.5 Å². The van der Waals surface area contributed by atoms with E-state index < -0.39 is 0 Å². The van der Waals surface area contributed by atoms with Crippen molar-refractivity contribution in [2.75, 3.05) is 25.0 Å². The zero-order chi connectivity index (χ0) is 21.5. The van der Waals surface area contributed by atoms with Gasteiger partial charge in [0.2, 0.25) is 5.91 Å². The van der Waals surface area contributed by atoms with Gasteiger partial charge in [-0.25, -0.2) is 0 Å². The minimum absolute atomic E-state index is 0.0365. The molecule has 1 fully saturated rings. The summed E-state index contributed by atoms with van der Waals surface area (Å²) in [6.45, 7) is 3.80. The quantitative estimate of drug-likeness (QED) is 0.732. The Balaban J connectivity index is 1.59. The number of nitrogens with zero attached hydrogens (tertiary/aromatic N) is 1. The maximum Gasteiger partial charge on any atom is 0.255 e. The number of carbonyl (C=O) groups excluding carboxylic acids is 3. The molecule has 0 unspecified atom stereocenters. The summed E-state index contributed by atoms with van der Waals surface area (Å²) >= 11 is 5.86. The predicted octanol–water partition coefficient (Wildman–Crippen LogP) is 3.97. The minimum atomic E-state index is -0.268. The lowest BCUT2D eigenvalue weighted by Gasteiger charge is -2.31. The number of anilines is 1. The fraction of sp³-hybridized carbons (Fsp3) is 0.348. The normalized spacial score (nSPS) is 14.3. The molecule has 0 spiro atoms. The van der Waals surface area contributed by atoms with Gasteiger partial charge in [-0.2, -0.15) is 0 Å². The number of rotatable bonds is 6. The van der Waals surface area contributed by atoms with E-state index in [0.29, 0.717) is 54.3 Å². The molecule has 0 aromatic heterocycles. The summed E-state index contributed by atoms with van der Waals surface area (Å²) in [5, 5.41) is 6.30. The number of hydrogen-bond acceptors (Lipinski definition) is 3. The fourth-order valence-corrected chi connectivity index (χ4v) is 3.58. The van der Waals surface area contributed by atoms with Crippen molar-refractivity contribution >= 4 is 35.0 Å². The molecule has 3 rings (SSSR count). The molecule has 3 amide bonds. The second kappa shape index (κ2) is 10.3. The molecular formula is C23H26ClN3O3.